The molecule has 1 atom stereocenters. The second-order valence-corrected chi connectivity index (χ2v) is 8.28. The van der Waals surface area contributed by atoms with Crippen molar-refractivity contribution in [2.75, 3.05) is 39.4 Å². The van der Waals surface area contributed by atoms with E-state index in [9.17, 15) is 0 Å². The van der Waals surface area contributed by atoms with Crippen LogP contribution in [0.25, 0.3) is 0 Å². The lowest BCUT2D eigenvalue weighted by Crippen LogP contribution is -2.53. The highest BCUT2D eigenvalue weighted by Gasteiger charge is 2.27. The van der Waals surface area contributed by atoms with Crippen LogP contribution < -0.4 is 10.6 Å². The largest absolute Gasteiger partial charge is 0.379 e. The molecule has 2 N–H and O–H groups in total. The van der Waals surface area contributed by atoms with Crippen molar-refractivity contribution in [1.29, 1.82) is 0 Å². The fraction of sp³-hybridized carbons (Fsp3) is 0.625. The minimum absolute atomic E-state index is 0.490. The van der Waals surface area contributed by atoms with Gasteiger partial charge in [0.15, 0.2) is 5.96 Å². The van der Waals surface area contributed by atoms with Crippen LogP contribution in [0.5, 0.6) is 0 Å². The molecule has 0 saturated carbocycles. The van der Waals surface area contributed by atoms with E-state index >= 15 is 0 Å². The van der Waals surface area contributed by atoms with Crippen molar-refractivity contribution < 1.29 is 4.74 Å². The first-order valence-electron chi connectivity index (χ1n) is 12.0. The van der Waals surface area contributed by atoms with Gasteiger partial charge in [-0.1, -0.05) is 51.0 Å². The summed E-state index contributed by atoms with van der Waals surface area (Å²) in [4.78, 5) is 11.5. The van der Waals surface area contributed by atoms with Gasteiger partial charge in [0, 0.05) is 32.2 Å². The number of hydrogen-bond acceptors (Lipinski definition) is 5. The van der Waals surface area contributed by atoms with Gasteiger partial charge in [-0.2, -0.15) is 5.10 Å². The number of aromatic nitrogens is 3. The summed E-state index contributed by atoms with van der Waals surface area (Å²) < 4.78 is 7.42. The Kier molecular flexibility index (Phi) is 9.97. The van der Waals surface area contributed by atoms with Crippen molar-refractivity contribution in [3.8, 4) is 0 Å². The Morgan fingerprint density at radius 1 is 1.12 bits per heavy atom. The molecule has 3 rings (SSSR count). The van der Waals surface area contributed by atoms with Gasteiger partial charge in [0.1, 0.15) is 12.7 Å². The van der Waals surface area contributed by atoms with E-state index in [2.05, 4.69) is 70.7 Å². The molecule has 1 aliphatic rings. The molecule has 0 amide bonds. The number of aliphatic imine (C=N–C) groups is 1. The minimum atomic E-state index is 0.490. The van der Waals surface area contributed by atoms with Crippen molar-refractivity contribution in [3.05, 3.63) is 48.0 Å². The Morgan fingerprint density at radius 3 is 2.59 bits per heavy atom. The van der Waals surface area contributed by atoms with Crippen molar-refractivity contribution in [3.63, 3.8) is 0 Å². The third kappa shape index (κ3) is 7.31. The summed E-state index contributed by atoms with van der Waals surface area (Å²) in [7, 11) is 0. The van der Waals surface area contributed by atoms with Gasteiger partial charge in [-0.15, -0.1) is 0 Å². The molecular weight excluding hydrogens is 402 g/mol. The molecule has 2 aromatic rings. The number of hydrogen-bond donors (Lipinski definition) is 2. The number of nitrogens with zero attached hydrogens (tertiary/aromatic N) is 5. The lowest BCUT2D eigenvalue weighted by molar-refractivity contribution is 0.00272. The molecule has 1 aromatic heterocycles. The Bertz CT molecular complexity index is 798. The zero-order valence-electron chi connectivity index (χ0n) is 19.8. The minimum Gasteiger partial charge on any atom is -0.379 e. The lowest BCUT2D eigenvalue weighted by Gasteiger charge is -2.39. The van der Waals surface area contributed by atoms with E-state index in [1.54, 1.807) is 12.7 Å². The second-order valence-electron chi connectivity index (χ2n) is 8.28. The molecule has 8 heteroatoms. The lowest BCUT2D eigenvalue weighted by atomic mass is 9.92. The van der Waals surface area contributed by atoms with Gasteiger partial charge in [-0.25, -0.2) is 14.7 Å². The van der Waals surface area contributed by atoms with Crippen molar-refractivity contribution >= 4 is 5.96 Å². The smallest absolute Gasteiger partial charge is 0.191 e. The Balaban J connectivity index is 1.63. The number of benzene rings is 1. The molecule has 0 radical (unpaired) electrons. The highest BCUT2D eigenvalue weighted by Crippen LogP contribution is 2.19. The van der Waals surface area contributed by atoms with Crippen LogP contribution in [0.15, 0.2) is 41.9 Å². The van der Waals surface area contributed by atoms with Crippen LogP contribution in [0.1, 0.15) is 44.7 Å². The predicted octanol–water partition coefficient (Wildman–Crippen LogP) is 2.52. The molecule has 0 bridgehead atoms. The maximum Gasteiger partial charge on any atom is 0.191 e. The van der Waals surface area contributed by atoms with Crippen LogP contribution >= 0.6 is 0 Å². The number of ether oxygens (including phenoxy) is 1. The zero-order chi connectivity index (χ0) is 22.6. The first kappa shape index (κ1) is 24.2. The molecule has 2 heterocycles. The Morgan fingerprint density at radius 2 is 1.91 bits per heavy atom. The monoisotopic (exact) mass is 441 g/mol. The summed E-state index contributed by atoms with van der Waals surface area (Å²) >= 11 is 0. The maximum absolute atomic E-state index is 5.58. The van der Waals surface area contributed by atoms with E-state index in [4.69, 9.17) is 9.73 Å². The summed E-state index contributed by atoms with van der Waals surface area (Å²) in [5, 5.41) is 11.2. The van der Waals surface area contributed by atoms with Gasteiger partial charge in [-0.05, 0) is 24.0 Å². The van der Waals surface area contributed by atoms with Crippen LogP contribution in [0.2, 0.25) is 0 Å². The van der Waals surface area contributed by atoms with Crippen LogP contribution in [0, 0.1) is 5.92 Å². The molecule has 1 saturated heterocycles. The van der Waals surface area contributed by atoms with Crippen LogP contribution in [0.4, 0.5) is 0 Å². The third-order valence-electron chi connectivity index (χ3n) is 6.15. The van der Waals surface area contributed by atoms with Gasteiger partial charge in [0.05, 0.1) is 26.3 Å². The van der Waals surface area contributed by atoms with E-state index in [1.165, 1.54) is 24.0 Å². The van der Waals surface area contributed by atoms with Crippen molar-refractivity contribution in [1.82, 2.24) is 30.3 Å². The van der Waals surface area contributed by atoms with E-state index in [-0.39, 0.29) is 0 Å². The van der Waals surface area contributed by atoms with Crippen LogP contribution in [0.3, 0.4) is 0 Å². The first-order chi connectivity index (χ1) is 15.7. The van der Waals surface area contributed by atoms with E-state index in [1.807, 2.05) is 4.68 Å². The number of nitrogens with one attached hydrogen (secondary N) is 2. The second kappa shape index (κ2) is 13.2. The molecule has 1 unspecified atom stereocenters. The zero-order valence-corrected chi connectivity index (χ0v) is 19.8. The topological polar surface area (TPSA) is 79.6 Å². The van der Waals surface area contributed by atoms with Gasteiger partial charge in [0.25, 0.3) is 0 Å². The number of rotatable bonds is 11. The van der Waals surface area contributed by atoms with E-state index in [0.29, 0.717) is 25.0 Å². The van der Waals surface area contributed by atoms with Crippen LogP contribution in [-0.2, 0) is 17.8 Å². The molecule has 176 valence electrons. The molecule has 0 spiro atoms. The first-order valence-corrected chi connectivity index (χ1v) is 12.0. The summed E-state index contributed by atoms with van der Waals surface area (Å²) in [5.41, 5.74) is 2.38. The third-order valence-corrected chi connectivity index (χ3v) is 6.15. The average molecular weight is 442 g/mol. The Labute approximate surface area is 192 Å². The van der Waals surface area contributed by atoms with Gasteiger partial charge < -0.3 is 15.4 Å². The summed E-state index contributed by atoms with van der Waals surface area (Å²) in [6.07, 6.45) is 5.68. The maximum atomic E-state index is 5.58. The molecule has 1 aliphatic heterocycles. The summed E-state index contributed by atoms with van der Waals surface area (Å²) in [5.74, 6) is 1.54. The molecule has 1 fully saturated rings. The van der Waals surface area contributed by atoms with Gasteiger partial charge in [0.2, 0.25) is 0 Å². The fourth-order valence-electron chi connectivity index (χ4n) is 4.38. The standard InChI is InChI=1S/C24H39N7O/c1-4-22(5-2)23(30-10-12-32-13-11-30)16-28-24(26-6-3)27-15-20-8-7-9-21(14-20)17-31-19-25-18-29-31/h7-9,14,18-19,22-23H,4-6,10-13,15-17H2,1-3H3,(H2,26,27,28). The SMILES string of the molecule is CCNC(=NCc1cccc(Cn2cncn2)c1)NCC(C(CC)CC)N1CCOCC1. The molecule has 0 aliphatic carbocycles. The number of morpholine rings is 1. The Hall–Kier alpha value is -2.45. The van der Waals surface area contributed by atoms with Crippen LogP contribution in [-0.4, -0.2) is 71.1 Å². The summed E-state index contributed by atoms with van der Waals surface area (Å²) in [6.45, 7) is 13.5. The van der Waals surface area contributed by atoms with Crippen molar-refractivity contribution in [2.45, 2.75) is 52.7 Å². The van der Waals surface area contributed by atoms with Gasteiger partial charge in [-0.3, -0.25) is 4.90 Å². The molecule has 1 aromatic carbocycles. The van der Waals surface area contributed by atoms with Crippen molar-refractivity contribution in [2.24, 2.45) is 10.9 Å². The highest BCUT2D eigenvalue weighted by atomic mass is 16.5. The average Bonchev–Trinajstić information content (AvgIpc) is 3.34. The molecular formula is C24H39N7O. The molecule has 32 heavy (non-hydrogen) atoms. The predicted molar refractivity (Wildman–Crippen MR) is 129 cm³/mol. The summed E-state index contributed by atoms with van der Waals surface area (Å²) in [6, 6.07) is 9.00. The van der Waals surface area contributed by atoms with E-state index < -0.39 is 0 Å². The number of guanidine groups is 1. The fourth-order valence-corrected chi connectivity index (χ4v) is 4.38. The highest BCUT2D eigenvalue weighted by molar-refractivity contribution is 5.79. The van der Waals surface area contributed by atoms with E-state index in [0.717, 1.165) is 45.4 Å². The quantitative estimate of drug-likeness (QED) is 0.412. The normalized spacial score (nSPS) is 16.3. The molecule has 8 nitrogen and oxygen atoms in total. The van der Waals surface area contributed by atoms with Gasteiger partial charge >= 0.3 is 0 Å².